The Balaban J connectivity index is 1.57. The summed E-state index contributed by atoms with van der Waals surface area (Å²) in [6, 6.07) is 7.97. The molecule has 0 saturated carbocycles. The quantitative estimate of drug-likeness (QED) is 0.554. The second kappa shape index (κ2) is 10.9. The number of ether oxygens (including phenoxy) is 2. The Morgan fingerprint density at radius 3 is 2.54 bits per heavy atom. The van der Waals surface area contributed by atoms with Gasteiger partial charge in [0, 0.05) is 25.6 Å². The molecule has 1 saturated heterocycles. The number of alkyl halides is 1. The summed E-state index contributed by atoms with van der Waals surface area (Å²) in [6.45, 7) is 3.94. The molecule has 0 aliphatic carbocycles. The van der Waals surface area contributed by atoms with Crippen LogP contribution in [0.1, 0.15) is 31.2 Å². The van der Waals surface area contributed by atoms with E-state index in [0.29, 0.717) is 38.4 Å². The van der Waals surface area contributed by atoms with E-state index in [-0.39, 0.29) is 24.6 Å². The van der Waals surface area contributed by atoms with Crippen molar-refractivity contribution >= 4 is 23.6 Å². The third kappa shape index (κ3) is 7.12. The zero-order valence-electron chi connectivity index (χ0n) is 15.2. The van der Waals surface area contributed by atoms with Gasteiger partial charge < -0.3 is 19.7 Å². The van der Waals surface area contributed by atoms with Crippen LogP contribution in [-0.2, 0) is 9.53 Å². The van der Waals surface area contributed by atoms with Crippen LogP contribution in [0.25, 0.3) is 0 Å². The van der Waals surface area contributed by atoms with Crippen LogP contribution < -0.4 is 10.1 Å². The Bertz CT molecular complexity index is 571. The molecule has 6 nitrogen and oxygen atoms in total. The Morgan fingerprint density at radius 1 is 1.19 bits per heavy atom. The number of benzene rings is 1. The van der Waals surface area contributed by atoms with Crippen molar-refractivity contribution in [3.05, 3.63) is 29.8 Å². The smallest absolute Gasteiger partial charge is 0.409 e. The zero-order valence-corrected chi connectivity index (χ0v) is 16.0. The number of piperidine rings is 1. The van der Waals surface area contributed by atoms with E-state index in [2.05, 4.69) is 5.32 Å². The number of hydrogen-bond acceptors (Lipinski definition) is 4. The van der Waals surface area contributed by atoms with Gasteiger partial charge in [0.2, 0.25) is 5.91 Å². The second-order valence-corrected chi connectivity index (χ2v) is 6.78. The minimum Gasteiger partial charge on any atom is -0.494 e. The normalized spacial score (nSPS) is 14.8. The number of nitrogens with zero attached hydrogens (tertiary/aromatic N) is 1. The molecule has 0 atom stereocenters. The average molecular weight is 383 g/mol. The van der Waals surface area contributed by atoms with Crippen LogP contribution in [0.2, 0.25) is 0 Å². The molecule has 0 aromatic heterocycles. The molecule has 1 heterocycles. The van der Waals surface area contributed by atoms with Crippen LogP contribution in [0, 0.1) is 6.92 Å². The number of amides is 2. The maximum atomic E-state index is 12.0. The van der Waals surface area contributed by atoms with Gasteiger partial charge in [0.25, 0.3) is 0 Å². The minimum atomic E-state index is -0.330. The van der Waals surface area contributed by atoms with E-state index in [0.717, 1.165) is 18.6 Å². The Hall–Kier alpha value is -1.95. The topological polar surface area (TPSA) is 67.9 Å². The lowest BCUT2D eigenvalue weighted by Crippen LogP contribution is -2.46. The van der Waals surface area contributed by atoms with Crippen LogP contribution in [-0.4, -0.2) is 55.1 Å². The molecule has 0 radical (unpaired) electrons. The summed E-state index contributed by atoms with van der Waals surface area (Å²) >= 11 is 5.51. The van der Waals surface area contributed by atoms with E-state index in [1.165, 1.54) is 5.56 Å². The lowest BCUT2D eigenvalue weighted by atomic mass is 10.1. The fraction of sp³-hybridized carbons (Fsp3) is 0.579. The Labute approximate surface area is 159 Å². The number of hydrogen-bond donors (Lipinski definition) is 1. The van der Waals surface area contributed by atoms with Crippen LogP contribution in [0.3, 0.4) is 0 Å². The predicted octanol–water partition coefficient (Wildman–Crippen LogP) is 3.11. The third-order valence-electron chi connectivity index (χ3n) is 4.26. The van der Waals surface area contributed by atoms with Gasteiger partial charge in [0.15, 0.2) is 0 Å². The molecule has 26 heavy (non-hydrogen) atoms. The molecule has 1 aromatic carbocycles. The molecular formula is C19H27ClN2O4. The summed E-state index contributed by atoms with van der Waals surface area (Å²) in [6.07, 6.45) is 2.25. The van der Waals surface area contributed by atoms with E-state index < -0.39 is 0 Å². The maximum Gasteiger partial charge on any atom is 0.409 e. The first kappa shape index (κ1) is 20.4. The molecule has 1 N–H and O–H groups in total. The molecule has 2 rings (SSSR count). The highest BCUT2D eigenvalue weighted by atomic mass is 35.5. The summed E-state index contributed by atoms with van der Waals surface area (Å²) in [5, 5.41) is 3.03. The van der Waals surface area contributed by atoms with Crippen molar-refractivity contribution in [2.45, 2.75) is 38.6 Å². The monoisotopic (exact) mass is 382 g/mol. The summed E-state index contributed by atoms with van der Waals surface area (Å²) in [4.78, 5) is 25.4. The molecular weight excluding hydrogens is 356 g/mol. The fourth-order valence-corrected chi connectivity index (χ4v) is 2.86. The van der Waals surface area contributed by atoms with Gasteiger partial charge in [0.1, 0.15) is 12.4 Å². The largest absolute Gasteiger partial charge is 0.494 e. The number of carbonyl (C=O) groups is 2. The Kier molecular flexibility index (Phi) is 8.54. The first-order valence-electron chi connectivity index (χ1n) is 9.05. The maximum absolute atomic E-state index is 12.0. The summed E-state index contributed by atoms with van der Waals surface area (Å²) < 4.78 is 10.6. The van der Waals surface area contributed by atoms with Gasteiger partial charge in [-0.2, -0.15) is 0 Å². The molecule has 1 aliphatic heterocycles. The summed E-state index contributed by atoms with van der Waals surface area (Å²) in [5.41, 5.74) is 1.19. The van der Waals surface area contributed by atoms with Crippen molar-refractivity contribution in [1.82, 2.24) is 10.2 Å². The zero-order chi connectivity index (χ0) is 18.8. The number of rotatable bonds is 8. The number of aryl methyl sites for hydroxylation is 1. The van der Waals surface area contributed by atoms with E-state index in [4.69, 9.17) is 21.1 Å². The second-order valence-electron chi connectivity index (χ2n) is 6.40. The number of carbonyl (C=O) groups excluding carboxylic acids is 2. The van der Waals surface area contributed by atoms with Gasteiger partial charge >= 0.3 is 6.09 Å². The van der Waals surface area contributed by atoms with Gasteiger partial charge in [-0.05, 0) is 38.3 Å². The molecule has 7 heteroatoms. The molecule has 0 spiro atoms. The molecule has 1 fully saturated rings. The minimum absolute atomic E-state index is 0.0284. The van der Waals surface area contributed by atoms with Gasteiger partial charge in [0.05, 0.1) is 12.5 Å². The van der Waals surface area contributed by atoms with Crippen molar-refractivity contribution in [2.24, 2.45) is 0 Å². The number of nitrogens with one attached hydrogen (secondary N) is 1. The lowest BCUT2D eigenvalue weighted by Gasteiger charge is -2.31. The summed E-state index contributed by atoms with van der Waals surface area (Å²) in [5.74, 6) is 1.15. The first-order valence-corrected chi connectivity index (χ1v) is 9.58. The van der Waals surface area contributed by atoms with Crippen molar-refractivity contribution in [1.29, 1.82) is 0 Å². The van der Waals surface area contributed by atoms with E-state index >= 15 is 0 Å². The molecule has 0 bridgehead atoms. The van der Waals surface area contributed by atoms with Crippen molar-refractivity contribution in [3.63, 3.8) is 0 Å². The number of halogens is 1. The average Bonchev–Trinajstić information content (AvgIpc) is 2.65. The summed E-state index contributed by atoms with van der Waals surface area (Å²) in [7, 11) is 0. The first-order chi connectivity index (χ1) is 12.6. The SMILES string of the molecule is Cc1ccc(OCCCC(=O)NC2CCN(C(=O)OCCCl)CC2)cc1. The van der Waals surface area contributed by atoms with E-state index in [9.17, 15) is 9.59 Å². The van der Waals surface area contributed by atoms with E-state index in [1.807, 2.05) is 31.2 Å². The molecule has 144 valence electrons. The highest BCUT2D eigenvalue weighted by Crippen LogP contribution is 2.13. The predicted molar refractivity (Wildman–Crippen MR) is 101 cm³/mol. The van der Waals surface area contributed by atoms with Crippen molar-refractivity contribution in [2.75, 3.05) is 32.2 Å². The van der Waals surface area contributed by atoms with Gasteiger partial charge in [-0.25, -0.2) is 4.79 Å². The van der Waals surface area contributed by atoms with Crippen molar-refractivity contribution < 1.29 is 19.1 Å². The van der Waals surface area contributed by atoms with Crippen LogP contribution in [0.4, 0.5) is 4.79 Å². The van der Waals surface area contributed by atoms with E-state index in [1.54, 1.807) is 4.90 Å². The van der Waals surface area contributed by atoms with Gasteiger partial charge in [-0.3, -0.25) is 4.79 Å². The van der Waals surface area contributed by atoms with Gasteiger partial charge in [-0.15, -0.1) is 11.6 Å². The van der Waals surface area contributed by atoms with Gasteiger partial charge in [-0.1, -0.05) is 17.7 Å². The highest BCUT2D eigenvalue weighted by Gasteiger charge is 2.24. The Morgan fingerprint density at radius 2 is 1.88 bits per heavy atom. The molecule has 2 amide bonds. The van der Waals surface area contributed by atoms with Crippen molar-refractivity contribution in [3.8, 4) is 5.75 Å². The van der Waals surface area contributed by atoms with Crippen LogP contribution >= 0.6 is 11.6 Å². The van der Waals surface area contributed by atoms with Crippen LogP contribution in [0.15, 0.2) is 24.3 Å². The molecule has 1 aromatic rings. The lowest BCUT2D eigenvalue weighted by molar-refractivity contribution is -0.122. The molecule has 0 unspecified atom stereocenters. The number of likely N-dealkylation sites (tertiary alicyclic amines) is 1. The third-order valence-corrected chi connectivity index (χ3v) is 4.41. The highest BCUT2D eigenvalue weighted by molar-refractivity contribution is 6.18. The standard InChI is InChI=1S/C19H27ClN2O4/c1-15-4-6-17(7-5-15)25-13-2-3-18(23)21-16-8-11-22(12-9-16)19(24)26-14-10-20/h4-7,16H,2-3,8-14H2,1H3,(H,21,23). The fourth-order valence-electron chi connectivity index (χ4n) is 2.78. The van der Waals surface area contributed by atoms with Crippen LogP contribution in [0.5, 0.6) is 5.75 Å². The molecule has 1 aliphatic rings.